The number of nitrogens with one attached hydrogen (secondary N) is 1. The van der Waals surface area contributed by atoms with Crippen LogP contribution < -0.4 is 10.2 Å². The van der Waals surface area contributed by atoms with Crippen molar-refractivity contribution < 1.29 is 37.3 Å². The van der Waals surface area contributed by atoms with Crippen LogP contribution in [0.3, 0.4) is 0 Å². The van der Waals surface area contributed by atoms with E-state index in [1.54, 1.807) is 9.80 Å². The fraction of sp³-hybridized carbons (Fsp3) is 0.684. The van der Waals surface area contributed by atoms with Crippen LogP contribution >= 0.6 is 0 Å². The number of alkyl halides is 3. The molecule has 0 bridgehead atoms. The van der Waals surface area contributed by atoms with Gasteiger partial charge in [-0.2, -0.15) is 13.2 Å². The van der Waals surface area contributed by atoms with Crippen LogP contribution in [0.15, 0.2) is 12.4 Å². The fourth-order valence-electron chi connectivity index (χ4n) is 3.94. The topological polar surface area (TPSA) is 117 Å². The third kappa shape index (κ3) is 5.97. The Morgan fingerprint density at radius 2 is 1.88 bits per heavy atom. The molecule has 0 aromatic carbocycles. The highest BCUT2D eigenvalue weighted by Crippen LogP contribution is 2.29. The van der Waals surface area contributed by atoms with Crippen LogP contribution in [0.2, 0.25) is 0 Å². The van der Waals surface area contributed by atoms with Crippen molar-refractivity contribution in [3.05, 3.63) is 18.0 Å². The van der Waals surface area contributed by atoms with E-state index in [1.165, 1.54) is 7.11 Å². The molecule has 2 fully saturated rings. The Labute approximate surface area is 182 Å². The predicted octanol–water partition coefficient (Wildman–Crippen LogP) is 1.36. The summed E-state index contributed by atoms with van der Waals surface area (Å²) in [6.45, 7) is 1.72. The summed E-state index contributed by atoms with van der Waals surface area (Å²) in [5, 5.41) is 11.1. The van der Waals surface area contributed by atoms with Crippen molar-refractivity contribution >= 4 is 17.9 Å². The van der Waals surface area contributed by atoms with Gasteiger partial charge >= 0.3 is 12.3 Å². The molecule has 2 amide bonds. The highest BCUT2D eigenvalue weighted by molar-refractivity contribution is 5.83. The van der Waals surface area contributed by atoms with Gasteiger partial charge < -0.3 is 29.7 Å². The second-order valence-corrected chi connectivity index (χ2v) is 7.73. The Kier molecular flexibility index (Phi) is 7.72. The van der Waals surface area contributed by atoms with Crippen LogP contribution in [0.5, 0.6) is 0 Å². The number of ether oxygens (including phenoxy) is 2. The van der Waals surface area contributed by atoms with E-state index < -0.39 is 30.0 Å². The zero-order chi connectivity index (χ0) is 23.3. The molecule has 13 heteroatoms. The Bertz CT molecular complexity index is 787. The summed E-state index contributed by atoms with van der Waals surface area (Å²) in [7, 11) is 1.45. The van der Waals surface area contributed by atoms with Gasteiger partial charge in [0.15, 0.2) is 0 Å². The van der Waals surface area contributed by atoms with Gasteiger partial charge in [0.05, 0.1) is 24.8 Å². The summed E-state index contributed by atoms with van der Waals surface area (Å²) in [6, 6.07) is -0.583. The quantitative estimate of drug-likeness (QED) is 0.596. The number of anilines is 1. The molecule has 0 aliphatic carbocycles. The van der Waals surface area contributed by atoms with Crippen LogP contribution in [-0.2, 0) is 20.4 Å². The van der Waals surface area contributed by atoms with Crippen LogP contribution in [-0.4, -0.2) is 90.1 Å². The van der Waals surface area contributed by atoms with Crippen LogP contribution in [0.25, 0.3) is 0 Å². The maximum Gasteiger partial charge on any atom is 0.419 e. The van der Waals surface area contributed by atoms with Gasteiger partial charge in [0.1, 0.15) is 6.10 Å². The number of hydrogen-bond donors (Lipinski definition) is 2. The van der Waals surface area contributed by atoms with Crippen molar-refractivity contribution in [2.45, 2.75) is 43.6 Å². The minimum absolute atomic E-state index is 0.00582. The van der Waals surface area contributed by atoms with E-state index >= 15 is 0 Å². The zero-order valence-electron chi connectivity index (χ0n) is 17.5. The van der Waals surface area contributed by atoms with Gasteiger partial charge in [0.25, 0.3) is 5.91 Å². The first kappa shape index (κ1) is 24.0. The molecule has 2 saturated heterocycles. The highest BCUT2D eigenvalue weighted by atomic mass is 19.4. The number of carboxylic acid groups (broad SMARTS) is 1. The Morgan fingerprint density at radius 3 is 2.44 bits per heavy atom. The maximum absolute atomic E-state index is 12.8. The van der Waals surface area contributed by atoms with Crippen molar-refractivity contribution in [1.29, 1.82) is 0 Å². The van der Waals surface area contributed by atoms with Crippen molar-refractivity contribution in [1.82, 2.24) is 20.2 Å². The van der Waals surface area contributed by atoms with Crippen molar-refractivity contribution in [2.75, 3.05) is 44.9 Å². The number of hydrogen-bond acceptors (Lipinski definition) is 7. The summed E-state index contributed by atoms with van der Waals surface area (Å²) in [5.74, 6) is 0.0984. The summed E-state index contributed by atoms with van der Waals surface area (Å²) in [4.78, 5) is 34.8. The molecule has 0 radical (unpaired) electrons. The minimum Gasteiger partial charge on any atom is -0.465 e. The molecule has 3 rings (SSSR count). The van der Waals surface area contributed by atoms with E-state index in [0.29, 0.717) is 38.9 Å². The van der Waals surface area contributed by atoms with Crippen molar-refractivity contribution in [2.24, 2.45) is 0 Å². The molecule has 3 heterocycles. The summed E-state index contributed by atoms with van der Waals surface area (Å²) >= 11 is 0. The first-order chi connectivity index (χ1) is 15.2. The molecular formula is C19H26F3N5O5. The maximum atomic E-state index is 12.8. The molecule has 2 aliphatic rings. The lowest BCUT2D eigenvalue weighted by Gasteiger charge is -2.36. The van der Waals surface area contributed by atoms with Crippen LogP contribution in [0.1, 0.15) is 24.8 Å². The van der Waals surface area contributed by atoms with E-state index in [-0.39, 0.29) is 31.1 Å². The number of likely N-dealkylation sites (tertiary alicyclic amines) is 1. The third-order valence-corrected chi connectivity index (χ3v) is 5.54. The molecule has 0 spiro atoms. The second kappa shape index (κ2) is 10.3. The van der Waals surface area contributed by atoms with E-state index in [9.17, 15) is 22.8 Å². The lowest BCUT2D eigenvalue weighted by molar-refractivity contribution is -0.140. The number of halogens is 3. The molecule has 2 atom stereocenters. The molecule has 2 unspecified atom stereocenters. The lowest BCUT2D eigenvalue weighted by Crippen LogP contribution is -2.47. The second-order valence-electron chi connectivity index (χ2n) is 7.73. The molecule has 0 saturated carbocycles. The number of aromatic nitrogens is 2. The molecule has 178 valence electrons. The minimum atomic E-state index is -4.48. The van der Waals surface area contributed by atoms with Crippen LogP contribution in [0, 0.1) is 0 Å². The number of piperidine rings is 1. The summed E-state index contributed by atoms with van der Waals surface area (Å²) in [5.41, 5.74) is -0.892. The van der Waals surface area contributed by atoms with Gasteiger partial charge in [-0.1, -0.05) is 0 Å². The molecule has 1 aromatic heterocycles. The van der Waals surface area contributed by atoms with Gasteiger partial charge in [-0.3, -0.25) is 4.79 Å². The van der Waals surface area contributed by atoms with Gasteiger partial charge in [0, 0.05) is 51.6 Å². The van der Waals surface area contributed by atoms with Crippen molar-refractivity contribution in [3.63, 3.8) is 0 Å². The molecular weight excluding hydrogens is 435 g/mol. The Morgan fingerprint density at radius 1 is 1.22 bits per heavy atom. The van der Waals surface area contributed by atoms with Gasteiger partial charge in [-0.25, -0.2) is 14.8 Å². The first-order valence-corrected chi connectivity index (χ1v) is 10.2. The van der Waals surface area contributed by atoms with E-state index in [2.05, 4.69) is 15.3 Å². The highest BCUT2D eigenvalue weighted by Gasteiger charge is 2.38. The van der Waals surface area contributed by atoms with Crippen LogP contribution in [0.4, 0.5) is 23.9 Å². The largest absolute Gasteiger partial charge is 0.465 e. The van der Waals surface area contributed by atoms with E-state index in [1.807, 2.05) is 0 Å². The van der Waals surface area contributed by atoms with Gasteiger partial charge in [-0.05, 0) is 12.8 Å². The number of amides is 2. The average molecular weight is 461 g/mol. The monoisotopic (exact) mass is 461 g/mol. The number of carbonyl (C=O) groups is 2. The molecule has 1 aromatic rings. The van der Waals surface area contributed by atoms with E-state index in [4.69, 9.17) is 14.6 Å². The van der Waals surface area contributed by atoms with Gasteiger partial charge in [0.2, 0.25) is 5.95 Å². The molecule has 10 nitrogen and oxygen atoms in total. The molecule has 2 aliphatic heterocycles. The average Bonchev–Trinajstić information content (AvgIpc) is 3.12. The fourth-order valence-corrected chi connectivity index (χ4v) is 3.94. The number of carbonyl (C=O) groups excluding carboxylic acids is 1. The Balaban J connectivity index is 1.48. The van der Waals surface area contributed by atoms with Gasteiger partial charge in [-0.15, -0.1) is 0 Å². The SMILES string of the molecule is COCC(COC1CCN(C2CCN(c3ncc(C(F)(F)F)cn3)CC2)C1=O)NC(=O)O. The van der Waals surface area contributed by atoms with E-state index in [0.717, 1.165) is 12.4 Å². The van der Waals surface area contributed by atoms with Crippen molar-refractivity contribution in [3.8, 4) is 0 Å². The number of methoxy groups -OCH3 is 1. The Hall–Kier alpha value is -2.67. The zero-order valence-corrected chi connectivity index (χ0v) is 17.5. The number of rotatable bonds is 8. The lowest BCUT2D eigenvalue weighted by atomic mass is 10.0. The third-order valence-electron chi connectivity index (χ3n) is 5.54. The predicted molar refractivity (Wildman–Crippen MR) is 105 cm³/mol. The summed E-state index contributed by atoms with van der Waals surface area (Å²) < 4.78 is 48.6. The smallest absolute Gasteiger partial charge is 0.419 e. The first-order valence-electron chi connectivity index (χ1n) is 10.2. The number of nitrogens with zero attached hydrogens (tertiary/aromatic N) is 4. The normalized spacial score (nSPS) is 21.1. The molecule has 2 N–H and O–H groups in total. The molecule has 32 heavy (non-hydrogen) atoms. The standard InChI is InChI=1S/C19H26F3N5O5/c1-31-10-13(25-18(29)30)11-32-15-4-7-27(16(15)28)14-2-5-26(6-3-14)17-23-8-12(9-24-17)19(20,21)22/h8-9,13-15,25H,2-7,10-11H2,1H3,(H,29,30). The summed E-state index contributed by atoms with van der Waals surface area (Å²) in [6.07, 6.45) is -2.99.